The van der Waals surface area contributed by atoms with Crippen molar-refractivity contribution in [3.05, 3.63) is 104 Å². The van der Waals surface area contributed by atoms with Gasteiger partial charge in [0.05, 0.1) is 15.9 Å². The van der Waals surface area contributed by atoms with E-state index < -0.39 is 23.0 Å². The summed E-state index contributed by atoms with van der Waals surface area (Å²) in [4.78, 5) is 48.0. The Balaban J connectivity index is 1.45. The Bertz CT molecular complexity index is 1530. The number of ether oxygens (including phenoxy) is 2. The molecule has 0 saturated heterocycles. The highest BCUT2D eigenvalue weighted by molar-refractivity contribution is 5.86. The van der Waals surface area contributed by atoms with Gasteiger partial charge in [-0.2, -0.15) is 0 Å². The van der Waals surface area contributed by atoms with Crippen LogP contribution in [0.5, 0.6) is 5.75 Å². The van der Waals surface area contributed by atoms with Crippen LogP contribution in [0.1, 0.15) is 18.2 Å². The molecule has 1 heterocycles. The number of nitrogens with zero attached hydrogens (tertiary/aromatic N) is 1. The van der Waals surface area contributed by atoms with Crippen LogP contribution in [0.25, 0.3) is 22.1 Å². The standard InChI is InChI=1S/C27H22N2O8/c1-16(28-27(32)35-15-18-6-4-3-5-7-18)26(31)37-21-12-13-22-23(14-21)36-17(2)24(25(22)30)19-8-10-20(11-9-19)29(33)34/h3-14,16H,15H2,1-2H3,(H,28,32). The number of non-ortho nitro benzene ring substituents is 1. The summed E-state index contributed by atoms with van der Waals surface area (Å²) in [7, 11) is 0. The Kier molecular flexibility index (Phi) is 7.28. The van der Waals surface area contributed by atoms with Gasteiger partial charge >= 0.3 is 12.1 Å². The molecule has 1 N–H and O–H groups in total. The van der Waals surface area contributed by atoms with Gasteiger partial charge in [-0.25, -0.2) is 9.59 Å². The third-order valence-corrected chi connectivity index (χ3v) is 5.53. The number of carbonyl (C=O) groups excluding carboxylic acids is 2. The maximum Gasteiger partial charge on any atom is 0.408 e. The molecule has 10 heteroatoms. The number of esters is 1. The van der Waals surface area contributed by atoms with Gasteiger partial charge < -0.3 is 19.2 Å². The first-order chi connectivity index (χ1) is 17.7. The average molecular weight is 502 g/mol. The van der Waals surface area contributed by atoms with Gasteiger partial charge in [0.1, 0.15) is 29.7 Å². The third-order valence-electron chi connectivity index (χ3n) is 5.53. The molecule has 37 heavy (non-hydrogen) atoms. The molecule has 0 fully saturated rings. The second kappa shape index (κ2) is 10.7. The first kappa shape index (κ1) is 25.1. The van der Waals surface area contributed by atoms with Gasteiger partial charge in [-0.3, -0.25) is 14.9 Å². The first-order valence-electron chi connectivity index (χ1n) is 11.2. The van der Waals surface area contributed by atoms with E-state index in [0.717, 1.165) is 5.56 Å². The third kappa shape index (κ3) is 5.81. The first-order valence-corrected chi connectivity index (χ1v) is 11.2. The molecule has 1 aromatic heterocycles. The van der Waals surface area contributed by atoms with Gasteiger partial charge in [-0.15, -0.1) is 0 Å². The molecule has 0 saturated carbocycles. The molecule has 1 unspecified atom stereocenters. The van der Waals surface area contributed by atoms with Crippen molar-refractivity contribution >= 4 is 28.7 Å². The summed E-state index contributed by atoms with van der Waals surface area (Å²) in [6.07, 6.45) is -0.771. The normalized spacial score (nSPS) is 11.5. The van der Waals surface area contributed by atoms with Crippen molar-refractivity contribution in [3.8, 4) is 16.9 Å². The largest absolute Gasteiger partial charge is 0.460 e. The Morgan fingerprint density at radius 1 is 1.05 bits per heavy atom. The number of hydrogen-bond acceptors (Lipinski definition) is 8. The lowest BCUT2D eigenvalue weighted by molar-refractivity contribution is -0.384. The molecule has 0 aliphatic carbocycles. The average Bonchev–Trinajstić information content (AvgIpc) is 2.88. The Hall–Kier alpha value is -4.99. The van der Waals surface area contributed by atoms with Crippen molar-refractivity contribution in [1.82, 2.24) is 5.32 Å². The zero-order chi connectivity index (χ0) is 26.5. The zero-order valence-corrected chi connectivity index (χ0v) is 19.9. The van der Waals surface area contributed by atoms with E-state index in [1.54, 1.807) is 19.1 Å². The molecule has 0 aliphatic heterocycles. The second-order valence-corrected chi connectivity index (χ2v) is 8.17. The minimum absolute atomic E-state index is 0.0549. The number of alkyl carbamates (subject to hydrolysis) is 1. The van der Waals surface area contributed by atoms with Gasteiger partial charge in [0, 0.05) is 18.2 Å². The van der Waals surface area contributed by atoms with E-state index in [2.05, 4.69) is 5.32 Å². The maximum absolute atomic E-state index is 13.1. The highest BCUT2D eigenvalue weighted by Gasteiger charge is 2.20. The molecular formula is C27H22N2O8. The molecule has 188 valence electrons. The summed E-state index contributed by atoms with van der Waals surface area (Å²) in [6, 6.07) is 18.0. The number of hydrogen-bond donors (Lipinski definition) is 1. The lowest BCUT2D eigenvalue weighted by atomic mass is 10.0. The van der Waals surface area contributed by atoms with E-state index in [0.29, 0.717) is 11.3 Å². The molecule has 1 atom stereocenters. The molecule has 0 spiro atoms. The van der Waals surface area contributed by atoms with Crippen molar-refractivity contribution in [1.29, 1.82) is 0 Å². The molecule has 4 rings (SSSR count). The van der Waals surface area contributed by atoms with Crippen molar-refractivity contribution in [2.45, 2.75) is 26.5 Å². The zero-order valence-electron chi connectivity index (χ0n) is 19.9. The molecule has 1 amide bonds. The smallest absolute Gasteiger partial charge is 0.408 e. The van der Waals surface area contributed by atoms with Crippen molar-refractivity contribution < 1.29 is 28.4 Å². The second-order valence-electron chi connectivity index (χ2n) is 8.17. The van der Waals surface area contributed by atoms with Gasteiger partial charge in [0.2, 0.25) is 5.43 Å². The van der Waals surface area contributed by atoms with Crippen LogP contribution in [0, 0.1) is 17.0 Å². The van der Waals surface area contributed by atoms with Crippen molar-refractivity contribution in [3.63, 3.8) is 0 Å². The summed E-state index contributed by atoms with van der Waals surface area (Å²) in [5.74, 6) is -0.321. The van der Waals surface area contributed by atoms with Gasteiger partial charge in [-0.05, 0) is 49.2 Å². The fourth-order valence-electron chi connectivity index (χ4n) is 3.64. The number of nitro benzene ring substituents is 1. The molecule has 0 aliphatic rings. The minimum atomic E-state index is -1.00. The summed E-state index contributed by atoms with van der Waals surface area (Å²) in [6.45, 7) is 3.11. The number of nitro groups is 1. The monoisotopic (exact) mass is 502 g/mol. The van der Waals surface area contributed by atoms with Gasteiger partial charge in [-0.1, -0.05) is 30.3 Å². The topological polar surface area (TPSA) is 138 Å². The number of benzene rings is 3. The minimum Gasteiger partial charge on any atom is -0.460 e. The highest BCUT2D eigenvalue weighted by Crippen LogP contribution is 2.27. The quantitative estimate of drug-likeness (QED) is 0.163. The van der Waals surface area contributed by atoms with E-state index in [9.17, 15) is 24.5 Å². The summed E-state index contributed by atoms with van der Waals surface area (Å²) in [5.41, 5.74) is 1.33. The predicted octanol–water partition coefficient (Wildman–Crippen LogP) is 4.90. The fourth-order valence-corrected chi connectivity index (χ4v) is 3.64. The van der Waals surface area contributed by atoms with Crippen LogP contribution in [0.3, 0.4) is 0 Å². The number of rotatable bonds is 7. The Labute approximate surface area is 210 Å². The SMILES string of the molecule is Cc1oc2cc(OC(=O)C(C)NC(=O)OCc3ccccc3)ccc2c(=O)c1-c1ccc([N+](=O)[O-])cc1. The molecule has 0 radical (unpaired) electrons. The molecule has 10 nitrogen and oxygen atoms in total. The Morgan fingerprint density at radius 3 is 2.43 bits per heavy atom. The summed E-state index contributed by atoms with van der Waals surface area (Å²) in [5, 5.41) is 13.6. The highest BCUT2D eigenvalue weighted by atomic mass is 16.6. The molecule has 3 aromatic carbocycles. The lowest BCUT2D eigenvalue weighted by Crippen LogP contribution is -2.41. The van der Waals surface area contributed by atoms with Crippen LogP contribution in [-0.2, 0) is 16.1 Å². The van der Waals surface area contributed by atoms with Crippen LogP contribution < -0.4 is 15.5 Å². The number of fused-ring (bicyclic) bond motifs is 1. The van der Waals surface area contributed by atoms with E-state index in [1.807, 2.05) is 18.2 Å². The summed E-state index contributed by atoms with van der Waals surface area (Å²) >= 11 is 0. The number of carbonyl (C=O) groups is 2. The molecular weight excluding hydrogens is 480 g/mol. The predicted molar refractivity (Wildman–Crippen MR) is 134 cm³/mol. The fraction of sp³-hybridized carbons (Fsp3) is 0.148. The van der Waals surface area contributed by atoms with Gasteiger partial charge in [0.15, 0.2) is 0 Å². The van der Waals surface area contributed by atoms with Crippen LogP contribution >= 0.6 is 0 Å². The number of nitrogens with one attached hydrogen (secondary N) is 1. The lowest BCUT2D eigenvalue weighted by Gasteiger charge is -2.14. The number of aryl methyl sites for hydroxylation is 1. The van der Waals surface area contributed by atoms with Crippen LogP contribution in [0.2, 0.25) is 0 Å². The van der Waals surface area contributed by atoms with E-state index >= 15 is 0 Å². The summed E-state index contributed by atoms with van der Waals surface area (Å²) < 4.78 is 16.3. The van der Waals surface area contributed by atoms with Crippen LogP contribution in [-0.4, -0.2) is 23.0 Å². The van der Waals surface area contributed by atoms with Crippen molar-refractivity contribution in [2.75, 3.05) is 0 Å². The Morgan fingerprint density at radius 2 is 1.76 bits per heavy atom. The van der Waals surface area contributed by atoms with E-state index in [-0.39, 0.29) is 40.0 Å². The number of amides is 1. The van der Waals surface area contributed by atoms with Crippen molar-refractivity contribution in [2.24, 2.45) is 0 Å². The molecule has 4 aromatic rings. The van der Waals surface area contributed by atoms with E-state index in [1.165, 1.54) is 49.4 Å². The van der Waals surface area contributed by atoms with Crippen LogP contribution in [0.15, 0.2) is 82.0 Å². The molecule has 0 bridgehead atoms. The van der Waals surface area contributed by atoms with Crippen LogP contribution in [0.4, 0.5) is 10.5 Å². The van der Waals surface area contributed by atoms with Gasteiger partial charge in [0.25, 0.3) is 5.69 Å². The maximum atomic E-state index is 13.1. The van der Waals surface area contributed by atoms with E-state index in [4.69, 9.17) is 13.9 Å².